The third-order valence-electron chi connectivity index (χ3n) is 4.62. The fourth-order valence-corrected chi connectivity index (χ4v) is 5.11. The minimum absolute atomic E-state index is 0.0795. The zero-order chi connectivity index (χ0) is 22.0. The van der Waals surface area contributed by atoms with Crippen LogP contribution in [0.2, 0.25) is 5.02 Å². The molecule has 0 spiro atoms. The summed E-state index contributed by atoms with van der Waals surface area (Å²) in [6, 6.07) is 12.7. The highest BCUT2D eigenvalue weighted by Gasteiger charge is 2.18. The second-order valence-electron chi connectivity index (χ2n) is 6.65. The minimum atomic E-state index is -0.398. The Balaban J connectivity index is 1.70. The van der Waals surface area contributed by atoms with Gasteiger partial charge in [0.25, 0.3) is 5.56 Å². The van der Waals surface area contributed by atoms with Crippen LogP contribution in [0.3, 0.4) is 0 Å². The van der Waals surface area contributed by atoms with E-state index in [1.807, 2.05) is 17.5 Å². The topological polar surface area (TPSA) is 52.0 Å². The van der Waals surface area contributed by atoms with Crippen molar-refractivity contribution in [3.63, 3.8) is 0 Å². The van der Waals surface area contributed by atoms with Crippen LogP contribution in [0, 0.1) is 5.82 Å². The molecule has 8 heteroatoms. The van der Waals surface area contributed by atoms with Gasteiger partial charge in [-0.05, 0) is 42.0 Å². The standard InChI is InChI=1S/C23H16ClFN2O2S2/c1-2-11-27-22(29)20-18(14-3-7-16(24)8-4-14)12-30-21(20)26-23(27)31-13-19(28)15-5-9-17(25)10-6-15/h2-10,12H,1,11,13H2. The van der Waals surface area contributed by atoms with Crippen LogP contribution >= 0.6 is 34.7 Å². The van der Waals surface area contributed by atoms with E-state index < -0.39 is 5.82 Å². The van der Waals surface area contributed by atoms with Crippen molar-refractivity contribution >= 4 is 50.7 Å². The predicted octanol–water partition coefficient (Wildman–Crippen LogP) is 6.08. The lowest BCUT2D eigenvalue weighted by Crippen LogP contribution is -2.23. The van der Waals surface area contributed by atoms with Gasteiger partial charge in [0, 0.05) is 28.1 Å². The van der Waals surface area contributed by atoms with E-state index in [1.54, 1.807) is 18.2 Å². The Morgan fingerprint density at radius 3 is 2.58 bits per heavy atom. The van der Waals surface area contributed by atoms with Crippen molar-refractivity contribution in [3.05, 3.63) is 93.3 Å². The Hall–Kier alpha value is -2.74. The molecule has 2 aromatic heterocycles. The van der Waals surface area contributed by atoms with Crippen LogP contribution in [0.5, 0.6) is 0 Å². The number of allylic oxidation sites excluding steroid dienone is 1. The number of carbonyl (C=O) groups excluding carboxylic acids is 1. The molecule has 4 aromatic rings. The molecular formula is C23H16ClFN2O2S2. The number of halogens is 2. The van der Waals surface area contributed by atoms with Crippen LogP contribution in [0.15, 0.2) is 76.5 Å². The lowest BCUT2D eigenvalue weighted by atomic mass is 10.1. The molecule has 2 aromatic carbocycles. The molecule has 31 heavy (non-hydrogen) atoms. The van der Waals surface area contributed by atoms with Crippen molar-refractivity contribution in [3.8, 4) is 11.1 Å². The first kappa shape index (κ1) is 21.5. The Kier molecular flexibility index (Phi) is 6.36. The lowest BCUT2D eigenvalue weighted by Gasteiger charge is -2.10. The van der Waals surface area contributed by atoms with Gasteiger partial charge in [-0.2, -0.15) is 0 Å². The Morgan fingerprint density at radius 2 is 1.90 bits per heavy atom. The highest BCUT2D eigenvalue weighted by atomic mass is 35.5. The molecule has 0 saturated carbocycles. The molecule has 4 nitrogen and oxygen atoms in total. The number of thioether (sulfide) groups is 1. The zero-order valence-corrected chi connectivity index (χ0v) is 18.6. The summed E-state index contributed by atoms with van der Waals surface area (Å²) in [4.78, 5) is 31.1. The SMILES string of the molecule is C=CCn1c(SCC(=O)c2ccc(F)cc2)nc2scc(-c3ccc(Cl)cc3)c2c1=O. The second kappa shape index (κ2) is 9.18. The first-order valence-corrected chi connectivity index (χ1v) is 11.5. The number of benzene rings is 2. The Labute approximate surface area is 191 Å². The summed E-state index contributed by atoms with van der Waals surface area (Å²) in [5.41, 5.74) is 1.90. The molecule has 0 bridgehead atoms. The van der Waals surface area contributed by atoms with Gasteiger partial charge in [-0.15, -0.1) is 17.9 Å². The molecule has 0 aliphatic rings. The molecule has 0 fully saturated rings. The number of ketones is 1. The van der Waals surface area contributed by atoms with Crippen LogP contribution in [0.25, 0.3) is 21.3 Å². The number of nitrogens with zero attached hydrogens (tertiary/aromatic N) is 2. The molecule has 0 amide bonds. The van der Waals surface area contributed by atoms with E-state index in [0.717, 1.165) is 11.1 Å². The fraction of sp³-hybridized carbons (Fsp3) is 0.0870. The van der Waals surface area contributed by atoms with Gasteiger partial charge < -0.3 is 0 Å². The van der Waals surface area contributed by atoms with Crippen molar-refractivity contribution in [1.82, 2.24) is 9.55 Å². The van der Waals surface area contributed by atoms with E-state index in [-0.39, 0.29) is 23.6 Å². The van der Waals surface area contributed by atoms with Gasteiger partial charge >= 0.3 is 0 Å². The monoisotopic (exact) mass is 470 g/mol. The number of carbonyl (C=O) groups is 1. The number of hydrogen-bond donors (Lipinski definition) is 0. The summed E-state index contributed by atoms with van der Waals surface area (Å²) < 4.78 is 14.6. The van der Waals surface area contributed by atoms with Crippen molar-refractivity contribution in [1.29, 1.82) is 0 Å². The maximum absolute atomic E-state index is 13.3. The third-order valence-corrected chi connectivity index (χ3v) is 6.72. The number of hydrogen-bond acceptors (Lipinski definition) is 5. The summed E-state index contributed by atoms with van der Waals surface area (Å²) in [7, 11) is 0. The average Bonchev–Trinajstić information content (AvgIpc) is 3.19. The molecule has 0 atom stereocenters. The van der Waals surface area contributed by atoms with Gasteiger partial charge in [-0.3, -0.25) is 14.2 Å². The van der Waals surface area contributed by atoms with Gasteiger partial charge in [0.1, 0.15) is 10.6 Å². The van der Waals surface area contributed by atoms with Gasteiger partial charge in [-0.1, -0.05) is 41.6 Å². The van der Waals surface area contributed by atoms with Crippen molar-refractivity contribution < 1.29 is 9.18 Å². The van der Waals surface area contributed by atoms with Crippen molar-refractivity contribution in [2.75, 3.05) is 5.75 Å². The number of Topliss-reactive ketones (excluding diaryl/α,β-unsaturated/α-hetero) is 1. The summed E-state index contributed by atoms with van der Waals surface area (Å²) in [5, 5.41) is 3.49. The highest BCUT2D eigenvalue weighted by Crippen LogP contribution is 2.33. The van der Waals surface area contributed by atoms with E-state index in [4.69, 9.17) is 11.6 Å². The molecular weight excluding hydrogens is 455 g/mol. The van der Waals surface area contributed by atoms with Gasteiger partial charge in [0.15, 0.2) is 10.9 Å². The van der Waals surface area contributed by atoms with Crippen LogP contribution < -0.4 is 5.56 Å². The smallest absolute Gasteiger partial charge is 0.263 e. The van der Waals surface area contributed by atoms with Crippen LogP contribution in [0.1, 0.15) is 10.4 Å². The second-order valence-corrected chi connectivity index (χ2v) is 8.89. The highest BCUT2D eigenvalue weighted by molar-refractivity contribution is 7.99. The largest absolute Gasteiger partial charge is 0.293 e. The molecule has 0 aliphatic heterocycles. The Bertz CT molecular complexity index is 1330. The number of thiophene rings is 1. The van der Waals surface area contributed by atoms with E-state index in [2.05, 4.69) is 11.6 Å². The van der Waals surface area contributed by atoms with Crippen LogP contribution in [-0.4, -0.2) is 21.1 Å². The van der Waals surface area contributed by atoms with E-state index in [1.165, 1.54) is 51.9 Å². The van der Waals surface area contributed by atoms with Crippen molar-refractivity contribution in [2.45, 2.75) is 11.7 Å². The maximum Gasteiger partial charge on any atom is 0.263 e. The molecule has 0 saturated heterocycles. The number of aromatic nitrogens is 2. The maximum atomic E-state index is 13.3. The molecule has 0 unspecified atom stereocenters. The summed E-state index contributed by atoms with van der Waals surface area (Å²) in [6.07, 6.45) is 1.62. The quantitative estimate of drug-likeness (QED) is 0.142. The molecule has 0 radical (unpaired) electrons. The fourth-order valence-electron chi connectivity index (χ4n) is 3.10. The normalized spacial score (nSPS) is 11.0. The molecule has 4 rings (SSSR count). The van der Waals surface area contributed by atoms with E-state index >= 15 is 0 Å². The minimum Gasteiger partial charge on any atom is -0.293 e. The Morgan fingerprint density at radius 1 is 1.19 bits per heavy atom. The molecule has 2 heterocycles. The predicted molar refractivity (Wildman–Crippen MR) is 126 cm³/mol. The molecule has 156 valence electrons. The molecule has 0 aliphatic carbocycles. The first-order chi connectivity index (χ1) is 15.0. The number of fused-ring (bicyclic) bond motifs is 1. The van der Waals surface area contributed by atoms with E-state index in [0.29, 0.717) is 26.0 Å². The van der Waals surface area contributed by atoms with Crippen LogP contribution in [-0.2, 0) is 6.54 Å². The summed E-state index contributed by atoms with van der Waals surface area (Å²) >= 11 is 8.54. The zero-order valence-electron chi connectivity index (χ0n) is 16.2. The number of rotatable bonds is 7. The average molecular weight is 471 g/mol. The first-order valence-electron chi connectivity index (χ1n) is 9.28. The van der Waals surface area contributed by atoms with Gasteiger partial charge in [-0.25, -0.2) is 9.37 Å². The van der Waals surface area contributed by atoms with Gasteiger partial charge in [0.05, 0.1) is 11.1 Å². The molecule has 0 N–H and O–H groups in total. The lowest BCUT2D eigenvalue weighted by molar-refractivity contribution is 0.102. The van der Waals surface area contributed by atoms with Crippen LogP contribution in [0.4, 0.5) is 4.39 Å². The summed E-state index contributed by atoms with van der Waals surface area (Å²) in [6.45, 7) is 4.00. The van der Waals surface area contributed by atoms with Gasteiger partial charge in [0.2, 0.25) is 0 Å². The third kappa shape index (κ3) is 4.49. The van der Waals surface area contributed by atoms with Crippen molar-refractivity contribution in [2.24, 2.45) is 0 Å². The summed E-state index contributed by atoms with van der Waals surface area (Å²) in [5.74, 6) is -0.487. The van der Waals surface area contributed by atoms with E-state index in [9.17, 15) is 14.0 Å².